The third kappa shape index (κ3) is 8.47. The first-order valence-electron chi connectivity index (χ1n) is 5.05. The van der Waals surface area contributed by atoms with Gasteiger partial charge < -0.3 is 5.32 Å². The molecule has 0 saturated carbocycles. The van der Waals surface area contributed by atoms with Gasteiger partial charge in [0, 0.05) is 19.4 Å². The monoisotopic (exact) mass is 311 g/mol. The van der Waals surface area contributed by atoms with Gasteiger partial charge in [0.15, 0.2) is 0 Å². The number of rotatable bonds is 8. The van der Waals surface area contributed by atoms with E-state index in [4.69, 9.17) is 0 Å². The first kappa shape index (κ1) is 13.9. The summed E-state index contributed by atoms with van der Waals surface area (Å²) in [4.78, 5) is 21.8. The number of amides is 1. The van der Waals surface area contributed by atoms with Gasteiger partial charge in [-0.15, -0.1) is 0 Å². The maximum absolute atomic E-state index is 10.9. The van der Waals surface area contributed by atoms with Gasteiger partial charge in [-0.3, -0.25) is 9.59 Å². The first-order valence-corrected chi connectivity index (χ1v) is 6.57. The van der Waals surface area contributed by atoms with Crippen molar-refractivity contribution in [2.45, 2.75) is 39.0 Å². The van der Waals surface area contributed by atoms with Crippen LogP contribution in [0.5, 0.6) is 0 Å². The molecular formula is C10H18INO2. The van der Waals surface area contributed by atoms with Crippen LogP contribution in [-0.2, 0) is 9.59 Å². The van der Waals surface area contributed by atoms with E-state index in [1.54, 1.807) is 0 Å². The summed E-state index contributed by atoms with van der Waals surface area (Å²) in [5, 5.41) is 2.80. The van der Waals surface area contributed by atoms with E-state index in [1.165, 1.54) is 0 Å². The quantitative estimate of drug-likeness (QED) is 0.424. The largest absolute Gasteiger partial charge is 0.355 e. The van der Waals surface area contributed by atoms with Crippen molar-refractivity contribution in [1.29, 1.82) is 0 Å². The van der Waals surface area contributed by atoms with Gasteiger partial charge in [-0.2, -0.15) is 0 Å². The molecule has 0 aromatic rings. The molecule has 0 aromatic heterocycles. The van der Waals surface area contributed by atoms with Crippen LogP contribution >= 0.6 is 22.6 Å². The summed E-state index contributed by atoms with van der Waals surface area (Å²) in [5.41, 5.74) is 0. The van der Waals surface area contributed by atoms with Crippen LogP contribution < -0.4 is 5.32 Å². The molecule has 0 heterocycles. The van der Waals surface area contributed by atoms with Gasteiger partial charge in [0.2, 0.25) is 5.91 Å². The van der Waals surface area contributed by atoms with Gasteiger partial charge in [0.05, 0.1) is 4.43 Å². The normalized spacial score (nSPS) is 9.86. The highest BCUT2D eigenvalue weighted by Gasteiger charge is 1.98. The lowest BCUT2D eigenvalue weighted by atomic mass is 10.1. The Hall–Kier alpha value is -0.130. The highest BCUT2D eigenvalue weighted by Crippen LogP contribution is 2.01. The minimum absolute atomic E-state index is 0.0928. The third-order valence-electron chi connectivity index (χ3n) is 1.97. The number of hydrogen-bond donors (Lipinski definition) is 1. The lowest BCUT2D eigenvalue weighted by Gasteiger charge is -2.02. The third-order valence-corrected chi connectivity index (χ3v) is 2.66. The van der Waals surface area contributed by atoms with Crippen LogP contribution in [0.3, 0.4) is 0 Å². The molecule has 4 heteroatoms. The summed E-state index contributed by atoms with van der Waals surface area (Å²) < 4.78 is 0.520. The number of Topliss-reactive ketones (excluding diaryl/α,β-unsaturated/α-hetero) is 1. The molecule has 0 aliphatic heterocycles. The molecule has 0 rings (SSSR count). The Morgan fingerprint density at radius 1 is 1.21 bits per heavy atom. The Morgan fingerprint density at radius 2 is 1.93 bits per heavy atom. The summed E-state index contributed by atoms with van der Waals surface area (Å²) in [6, 6.07) is 0. The van der Waals surface area contributed by atoms with Crippen molar-refractivity contribution in [3.63, 3.8) is 0 Å². The molecule has 3 nitrogen and oxygen atoms in total. The van der Waals surface area contributed by atoms with E-state index in [0.29, 0.717) is 23.1 Å². The summed E-state index contributed by atoms with van der Waals surface area (Å²) in [6.07, 6.45) is 4.28. The molecule has 0 unspecified atom stereocenters. The SMILES string of the molecule is CCC(=O)CCCCCNC(=O)CI. The van der Waals surface area contributed by atoms with E-state index in [9.17, 15) is 9.59 Å². The standard InChI is InChI=1S/C10H18INO2/c1-2-9(13)6-4-3-5-7-12-10(14)8-11/h2-8H2,1H3,(H,12,14). The number of nitrogens with one attached hydrogen (secondary N) is 1. The molecule has 0 bridgehead atoms. The number of alkyl halides is 1. The number of halogens is 1. The molecule has 0 radical (unpaired) electrons. The van der Waals surface area contributed by atoms with E-state index in [0.717, 1.165) is 25.8 Å². The minimum atomic E-state index is 0.0928. The van der Waals surface area contributed by atoms with Crippen molar-refractivity contribution in [3.8, 4) is 0 Å². The van der Waals surface area contributed by atoms with E-state index in [1.807, 2.05) is 29.5 Å². The second-order valence-corrected chi connectivity index (χ2v) is 3.95. The Morgan fingerprint density at radius 3 is 2.50 bits per heavy atom. The van der Waals surface area contributed by atoms with Crippen LogP contribution in [0.4, 0.5) is 0 Å². The second kappa shape index (κ2) is 9.43. The van der Waals surface area contributed by atoms with Crippen LogP contribution in [0.2, 0.25) is 0 Å². The number of hydrogen-bond acceptors (Lipinski definition) is 2. The zero-order chi connectivity index (χ0) is 10.8. The zero-order valence-corrected chi connectivity index (χ0v) is 10.8. The second-order valence-electron chi connectivity index (χ2n) is 3.19. The average Bonchev–Trinajstić information content (AvgIpc) is 2.22. The highest BCUT2D eigenvalue weighted by atomic mass is 127. The molecule has 0 aliphatic rings. The summed E-state index contributed by atoms with van der Waals surface area (Å²) in [6.45, 7) is 2.63. The van der Waals surface area contributed by atoms with E-state index in [2.05, 4.69) is 5.32 Å². The fourth-order valence-electron chi connectivity index (χ4n) is 1.08. The Labute approximate surface area is 99.2 Å². The molecule has 0 aliphatic carbocycles. The van der Waals surface area contributed by atoms with Crippen LogP contribution in [0.15, 0.2) is 0 Å². The fraction of sp³-hybridized carbons (Fsp3) is 0.800. The number of ketones is 1. The van der Waals surface area contributed by atoms with Gasteiger partial charge in [0.1, 0.15) is 5.78 Å². The Bertz CT molecular complexity index is 163. The smallest absolute Gasteiger partial charge is 0.229 e. The lowest BCUT2D eigenvalue weighted by Crippen LogP contribution is -2.25. The minimum Gasteiger partial charge on any atom is -0.355 e. The molecule has 14 heavy (non-hydrogen) atoms. The molecule has 1 N–H and O–H groups in total. The summed E-state index contributed by atoms with van der Waals surface area (Å²) in [7, 11) is 0. The fourth-order valence-corrected chi connectivity index (χ4v) is 1.35. The van der Waals surface area contributed by atoms with Crippen molar-refractivity contribution in [2.75, 3.05) is 11.0 Å². The van der Waals surface area contributed by atoms with Crippen molar-refractivity contribution < 1.29 is 9.59 Å². The van der Waals surface area contributed by atoms with Gasteiger partial charge in [-0.25, -0.2) is 0 Å². The predicted molar refractivity (Wildman–Crippen MR) is 65.7 cm³/mol. The maximum Gasteiger partial charge on any atom is 0.229 e. The number of carbonyl (C=O) groups is 2. The van der Waals surface area contributed by atoms with E-state index < -0.39 is 0 Å². The van der Waals surface area contributed by atoms with Crippen LogP contribution in [-0.4, -0.2) is 22.7 Å². The molecular weight excluding hydrogens is 293 g/mol. The van der Waals surface area contributed by atoms with Crippen LogP contribution in [0.25, 0.3) is 0 Å². The van der Waals surface area contributed by atoms with Crippen LogP contribution in [0.1, 0.15) is 39.0 Å². The van der Waals surface area contributed by atoms with Crippen molar-refractivity contribution in [1.82, 2.24) is 5.32 Å². The molecule has 0 spiro atoms. The lowest BCUT2D eigenvalue weighted by molar-refractivity contribution is -0.119. The molecule has 0 aromatic carbocycles. The van der Waals surface area contributed by atoms with E-state index in [-0.39, 0.29) is 5.91 Å². The highest BCUT2D eigenvalue weighted by molar-refractivity contribution is 14.1. The topological polar surface area (TPSA) is 46.2 Å². The first-order chi connectivity index (χ1) is 6.70. The number of unbranched alkanes of at least 4 members (excludes halogenated alkanes) is 2. The summed E-state index contributed by atoms with van der Waals surface area (Å²) >= 11 is 2.04. The molecule has 82 valence electrons. The zero-order valence-electron chi connectivity index (χ0n) is 8.64. The van der Waals surface area contributed by atoms with Gasteiger partial charge in [-0.05, 0) is 12.8 Å². The molecule has 1 amide bonds. The van der Waals surface area contributed by atoms with Crippen molar-refractivity contribution in [3.05, 3.63) is 0 Å². The van der Waals surface area contributed by atoms with Gasteiger partial charge >= 0.3 is 0 Å². The molecule has 0 fully saturated rings. The maximum atomic E-state index is 10.9. The summed E-state index contributed by atoms with van der Waals surface area (Å²) in [5.74, 6) is 0.427. The predicted octanol–water partition coefficient (Wildman–Crippen LogP) is 2.08. The van der Waals surface area contributed by atoms with Gasteiger partial charge in [0.25, 0.3) is 0 Å². The average molecular weight is 311 g/mol. The van der Waals surface area contributed by atoms with Gasteiger partial charge in [-0.1, -0.05) is 35.9 Å². The van der Waals surface area contributed by atoms with E-state index >= 15 is 0 Å². The van der Waals surface area contributed by atoms with Crippen molar-refractivity contribution >= 4 is 34.3 Å². The number of carbonyl (C=O) groups excluding carboxylic acids is 2. The van der Waals surface area contributed by atoms with Crippen molar-refractivity contribution in [2.24, 2.45) is 0 Å². The molecule has 0 saturated heterocycles. The Balaban J connectivity index is 3.14. The molecule has 0 atom stereocenters. The Kier molecular flexibility index (Phi) is 9.34. The van der Waals surface area contributed by atoms with Crippen LogP contribution in [0, 0.1) is 0 Å².